The average molecular weight is 463 g/mol. The quantitative estimate of drug-likeness (QED) is 0.253. The van der Waals surface area contributed by atoms with Crippen LogP contribution in [0.1, 0.15) is 5.76 Å². The Morgan fingerprint density at radius 2 is 1.65 bits per heavy atom. The van der Waals surface area contributed by atoms with Crippen LogP contribution in [-0.2, 0) is 9.59 Å². The first-order valence-corrected chi connectivity index (χ1v) is 9.80. The van der Waals surface area contributed by atoms with E-state index in [-0.39, 0.29) is 34.0 Å². The number of nitro groups is 1. The molecule has 2 heterocycles. The second kappa shape index (κ2) is 8.90. The predicted octanol–water partition coefficient (Wildman–Crippen LogP) is 3.54. The van der Waals surface area contributed by atoms with Crippen molar-refractivity contribution in [2.45, 2.75) is 0 Å². The maximum absolute atomic E-state index is 13.0. The monoisotopic (exact) mass is 463 g/mol. The molecule has 0 radical (unpaired) electrons. The lowest BCUT2D eigenvalue weighted by atomic mass is 10.1. The van der Waals surface area contributed by atoms with E-state index < -0.39 is 22.8 Å². The van der Waals surface area contributed by atoms with E-state index in [0.29, 0.717) is 11.5 Å². The van der Waals surface area contributed by atoms with E-state index in [9.17, 15) is 24.5 Å². The van der Waals surface area contributed by atoms with E-state index in [1.165, 1.54) is 56.7 Å². The van der Waals surface area contributed by atoms with Crippen molar-refractivity contribution in [1.29, 1.82) is 0 Å². The molecule has 34 heavy (non-hydrogen) atoms. The molecule has 0 atom stereocenters. The Morgan fingerprint density at radius 3 is 2.29 bits per heavy atom. The zero-order valence-corrected chi connectivity index (χ0v) is 17.9. The topological polar surface area (TPSA) is 141 Å². The number of barbiturate groups is 1. The van der Waals surface area contributed by atoms with Crippen LogP contribution in [0.5, 0.6) is 11.5 Å². The largest absolute Gasteiger partial charge is 0.497 e. The van der Waals surface area contributed by atoms with Gasteiger partial charge in [-0.25, -0.2) is 9.69 Å². The van der Waals surface area contributed by atoms with Crippen molar-refractivity contribution in [3.63, 3.8) is 0 Å². The van der Waals surface area contributed by atoms with Crippen LogP contribution in [0.25, 0.3) is 17.4 Å². The highest BCUT2D eigenvalue weighted by Gasteiger charge is 2.37. The molecule has 172 valence electrons. The van der Waals surface area contributed by atoms with E-state index in [1.54, 1.807) is 18.2 Å². The number of rotatable bonds is 6. The third-order valence-electron chi connectivity index (χ3n) is 5.01. The zero-order valence-electron chi connectivity index (χ0n) is 17.9. The van der Waals surface area contributed by atoms with Crippen LogP contribution in [0.2, 0.25) is 0 Å². The predicted molar refractivity (Wildman–Crippen MR) is 119 cm³/mol. The highest BCUT2D eigenvalue weighted by molar-refractivity contribution is 6.39. The van der Waals surface area contributed by atoms with Gasteiger partial charge < -0.3 is 13.9 Å². The number of urea groups is 1. The van der Waals surface area contributed by atoms with Crippen molar-refractivity contribution in [3.05, 3.63) is 76.0 Å². The summed E-state index contributed by atoms with van der Waals surface area (Å²) in [5, 5.41) is 13.6. The molecule has 0 saturated carbocycles. The lowest BCUT2D eigenvalue weighted by Crippen LogP contribution is -2.54. The molecule has 1 aromatic heterocycles. The van der Waals surface area contributed by atoms with Gasteiger partial charge in [0, 0.05) is 0 Å². The smallest absolute Gasteiger partial charge is 0.335 e. The highest BCUT2D eigenvalue weighted by Crippen LogP contribution is 2.34. The summed E-state index contributed by atoms with van der Waals surface area (Å²) >= 11 is 0. The van der Waals surface area contributed by atoms with Gasteiger partial charge in [0.1, 0.15) is 28.6 Å². The Balaban J connectivity index is 1.68. The first kappa shape index (κ1) is 22.3. The van der Waals surface area contributed by atoms with Crippen LogP contribution in [0.15, 0.2) is 64.6 Å². The summed E-state index contributed by atoms with van der Waals surface area (Å²) in [7, 11) is 2.87. The van der Waals surface area contributed by atoms with E-state index in [0.717, 1.165) is 4.90 Å². The van der Waals surface area contributed by atoms with Crippen LogP contribution < -0.4 is 19.7 Å². The first-order chi connectivity index (χ1) is 16.3. The summed E-state index contributed by atoms with van der Waals surface area (Å²) in [5.41, 5.74) is -0.170. The molecule has 2 aromatic carbocycles. The second-order valence-electron chi connectivity index (χ2n) is 7.00. The van der Waals surface area contributed by atoms with Gasteiger partial charge in [0.05, 0.1) is 36.5 Å². The van der Waals surface area contributed by atoms with Crippen molar-refractivity contribution < 1.29 is 33.2 Å². The van der Waals surface area contributed by atoms with Crippen molar-refractivity contribution in [1.82, 2.24) is 5.32 Å². The van der Waals surface area contributed by atoms with Crippen LogP contribution in [-0.4, -0.2) is 37.0 Å². The number of carbonyl (C=O) groups is 3. The molecule has 1 saturated heterocycles. The number of ether oxygens (including phenoxy) is 2. The Morgan fingerprint density at radius 1 is 0.971 bits per heavy atom. The summed E-state index contributed by atoms with van der Waals surface area (Å²) in [4.78, 5) is 49.4. The number of methoxy groups -OCH3 is 2. The van der Waals surface area contributed by atoms with Gasteiger partial charge in [0.2, 0.25) is 0 Å². The van der Waals surface area contributed by atoms with Crippen molar-refractivity contribution >= 4 is 35.3 Å². The third-order valence-corrected chi connectivity index (χ3v) is 5.01. The fourth-order valence-electron chi connectivity index (χ4n) is 3.34. The van der Waals surface area contributed by atoms with E-state index >= 15 is 0 Å². The Bertz CT molecular complexity index is 1340. The number of carbonyl (C=O) groups excluding carboxylic acids is 3. The molecule has 0 aliphatic carbocycles. The van der Waals surface area contributed by atoms with Crippen LogP contribution >= 0.6 is 0 Å². The van der Waals surface area contributed by atoms with Gasteiger partial charge in [0.15, 0.2) is 0 Å². The highest BCUT2D eigenvalue weighted by atomic mass is 16.6. The van der Waals surface area contributed by atoms with E-state index in [1.807, 2.05) is 0 Å². The lowest BCUT2D eigenvalue weighted by molar-refractivity contribution is -0.384. The Kier molecular flexibility index (Phi) is 5.83. The Hall–Kier alpha value is -4.93. The third kappa shape index (κ3) is 4.09. The molecule has 3 aromatic rings. The number of anilines is 1. The maximum atomic E-state index is 13.0. The average Bonchev–Trinajstić information content (AvgIpc) is 3.30. The Labute approximate surface area is 192 Å². The summed E-state index contributed by atoms with van der Waals surface area (Å²) in [5.74, 6) is -0.690. The molecular formula is C23H17N3O8. The first-order valence-electron chi connectivity index (χ1n) is 9.80. The van der Waals surface area contributed by atoms with Crippen molar-refractivity contribution in [2.24, 2.45) is 0 Å². The minimum Gasteiger partial charge on any atom is -0.497 e. The second-order valence-corrected chi connectivity index (χ2v) is 7.00. The summed E-state index contributed by atoms with van der Waals surface area (Å²) in [6.45, 7) is 0. The van der Waals surface area contributed by atoms with Gasteiger partial charge >= 0.3 is 6.03 Å². The summed E-state index contributed by atoms with van der Waals surface area (Å²) in [6.07, 6.45) is 1.17. The molecule has 1 fully saturated rings. The zero-order chi connectivity index (χ0) is 24.4. The van der Waals surface area contributed by atoms with Crippen LogP contribution in [0.4, 0.5) is 16.2 Å². The van der Waals surface area contributed by atoms with Gasteiger partial charge in [-0.3, -0.25) is 25.0 Å². The minimum atomic E-state index is -0.897. The number of nitrogens with zero attached hydrogens (tertiary/aromatic N) is 2. The van der Waals surface area contributed by atoms with Gasteiger partial charge in [0.25, 0.3) is 17.5 Å². The molecule has 1 aliphatic heterocycles. The number of hydrogen-bond acceptors (Lipinski definition) is 8. The van der Waals surface area contributed by atoms with Crippen LogP contribution in [0, 0.1) is 10.1 Å². The molecular weight excluding hydrogens is 446 g/mol. The maximum Gasteiger partial charge on any atom is 0.335 e. The lowest BCUT2D eigenvalue weighted by Gasteiger charge is -2.26. The number of nitro benzene ring substituents is 1. The number of hydrogen-bond donors (Lipinski definition) is 1. The van der Waals surface area contributed by atoms with Crippen LogP contribution in [0.3, 0.4) is 0 Å². The number of imide groups is 2. The molecule has 4 rings (SSSR count). The van der Waals surface area contributed by atoms with Crippen molar-refractivity contribution in [2.75, 3.05) is 19.1 Å². The molecule has 0 unspecified atom stereocenters. The fourth-order valence-corrected chi connectivity index (χ4v) is 3.34. The number of furan rings is 1. The van der Waals surface area contributed by atoms with E-state index in [4.69, 9.17) is 13.9 Å². The normalized spacial score (nSPS) is 14.8. The molecule has 0 bridgehead atoms. The fraction of sp³-hybridized carbons (Fsp3) is 0.0870. The van der Waals surface area contributed by atoms with Gasteiger partial charge in [-0.15, -0.1) is 0 Å². The number of nitrogens with one attached hydrogen (secondary N) is 1. The molecule has 4 amide bonds. The molecule has 11 nitrogen and oxygen atoms in total. The summed E-state index contributed by atoms with van der Waals surface area (Å²) < 4.78 is 15.8. The standard InChI is InChI=1S/C23H17N3O8/c1-32-14-5-3-13(4-6-14)25-22(28)18(21(27)24-23(25)29)11-16-8-10-20(34-16)17-9-7-15(33-2)12-19(17)26(30)31/h3-12H,1-2H3,(H,24,27,29). The summed E-state index contributed by atoms with van der Waals surface area (Å²) in [6, 6.07) is 12.4. The number of amides is 4. The van der Waals surface area contributed by atoms with Gasteiger partial charge in [-0.05, 0) is 54.6 Å². The van der Waals surface area contributed by atoms with Gasteiger partial charge in [-0.1, -0.05) is 0 Å². The molecule has 11 heteroatoms. The van der Waals surface area contributed by atoms with Crippen molar-refractivity contribution in [3.8, 4) is 22.8 Å². The number of benzene rings is 2. The van der Waals surface area contributed by atoms with E-state index in [2.05, 4.69) is 5.32 Å². The molecule has 0 spiro atoms. The molecule has 1 N–H and O–H groups in total. The molecule has 1 aliphatic rings. The SMILES string of the molecule is COc1ccc(N2C(=O)NC(=O)C(=Cc3ccc(-c4ccc(OC)cc4[N+](=O)[O-])o3)C2=O)cc1. The van der Waals surface area contributed by atoms with Gasteiger partial charge in [-0.2, -0.15) is 0 Å². The minimum absolute atomic E-state index is 0.0858.